The molecule has 0 aliphatic heterocycles. The van der Waals surface area contributed by atoms with E-state index in [0.29, 0.717) is 41.5 Å². The first-order valence-corrected chi connectivity index (χ1v) is 12.2. The number of amides is 1. The van der Waals surface area contributed by atoms with Crippen LogP contribution in [0.25, 0.3) is 0 Å². The van der Waals surface area contributed by atoms with E-state index in [4.69, 9.17) is 16.3 Å². The number of halogens is 1. The van der Waals surface area contributed by atoms with Gasteiger partial charge < -0.3 is 14.2 Å². The lowest BCUT2D eigenvalue weighted by Gasteiger charge is -2.22. The number of benzene rings is 2. The molecular weight excluding hydrogens is 450 g/mol. The summed E-state index contributed by atoms with van der Waals surface area (Å²) < 4.78 is 33.1. The smallest absolute Gasteiger partial charge is 0.254 e. The monoisotopic (exact) mass is 475 g/mol. The molecule has 9 heteroatoms. The number of aromatic nitrogens is 2. The Bertz CT molecular complexity index is 1160. The van der Waals surface area contributed by atoms with Crippen LogP contribution in [0.15, 0.2) is 66.0 Å². The topological polar surface area (TPSA) is 81.5 Å². The van der Waals surface area contributed by atoms with Crippen molar-refractivity contribution in [2.24, 2.45) is 0 Å². The molecule has 1 aromatic heterocycles. The molecule has 0 N–H and O–H groups in total. The molecule has 2 aromatic carbocycles. The molecule has 0 saturated carbocycles. The van der Waals surface area contributed by atoms with Crippen LogP contribution in [0.2, 0.25) is 5.02 Å². The Labute approximate surface area is 193 Å². The number of carbonyl (C=O) groups is 1. The van der Waals surface area contributed by atoms with Crippen molar-refractivity contribution in [1.29, 1.82) is 0 Å². The van der Waals surface area contributed by atoms with Crippen molar-refractivity contribution in [1.82, 2.24) is 14.5 Å². The van der Waals surface area contributed by atoms with Gasteiger partial charge in [0.15, 0.2) is 0 Å². The third kappa shape index (κ3) is 5.76. The van der Waals surface area contributed by atoms with Crippen LogP contribution in [0.1, 0.15) is 28.5 Å². The van der Waals surface area contributed by atoms with E-state index in [-0.39, 0.29) is 23.4 Å². The van der Waals surface area contributed by atoms with Crippen molar-refractivity contribution in [2.75, 3.05) is 20.3 Å². The zero-order valence-electron chi connectivity index (χ0n) is 18.1. The van der Waals surface area contributed by atoms with E-state index >= 15 is 0 Å². The number of sulfone groups is 1. The van der Waals surface area contributed by atoms with Gasteiger partial charge in [0.1, 0.15) is 0 Å². The molecule has 0 radical (unpaired) electrons. The molecule has 32 heavy (non-hydrogen) atoms. The maximum atomic E-state index is 13.1. The number of ether oxygens (including phenoxy) is 1. The van der Waals surface area contributed by atoms with Gasteiger partial charge in [0.2, 0.25) is 15.0 Å². The first-order chi connectivity index (χ1) is 15.4. The van der Waals surface area contributed by atoms with Crippen LogP contribution in [-0.4, -0.2) is 49.0 Å². The van der Waals surface area contributed by atoms with E-state index < -0.39 is 9.84 Å². The van der Waals surface area contributed by atoms with Gasteiger partial charge in [-0.15, -0.1) is 0 Å². The van der Waals surface area contributed by atoms with E-state index in [1.165, 1.54) is 6.20 Å². The van der Waals surface area contributed by atoms with Gasteiger partial charge in [0, 0.05) is 30.8 Å². The van der Waals surface area contributed by atoms with E-state index in [1.807, 2.05) is 13.0 Å². The molecule has 0 aliphatic carbocycles. The van der Waals surface area contributed by atoms with Crippen LogP contribution >= 0.6 is 11.6 Å². The molecular formula is C23H26ClN3O4S. The first kappa shape index (κ1) is 24.0. The number of hydrogen-bond acceptors (Lipinski definition) is 5. The lowest BCUT2D eigenvalue weighted by molar-refractivity contribution is 0.0747. The predicted molar refractivity (Wildman–Crippen MR) is 123 cm³/mol. The van der Waals surface area contributed by atoms with Crippen molar-refractivity contribution < 1.29 is 17.9 Å². The van der Waals surface area contributed by atoms with Gasteiger partial charge >= 0.3 is 0 Å². The Morgan fingerprint density at radius 2 is 1.91 bits per heavy atom. The lowest BCUT2D eigenvalue weighted by atomic mass is 10.2. The summed E-state index contributed by atoms with van der Waals surface area (Å²) in [6.07, 6.45) is 1.52. The van der Waals surface area contributed by atoms with Gasteiger partial charge in [-0.3, -0.25) is 4.79 Å². The first-order valence-electron chi connectivity index (χ1n) is 10.2. The van der Waals surface area contributed by atoms with Crippen molar-refractivity contribution >= 4 is 27.3 Å². The number of hydrogen-bond donors (Lipinski definition) is 0. The number of rotatable bonds is 10. The molecule has 0 unspecified atom stereocenters. The summed E-state index contributed by atoms with van der Waals surface area (Å²) in [4.78, 5) is 18.9. The highest BCUT2D eigenvalue weighted by molar-refractivity contribution is 7.90. The van der Waals surface area contributed by atoms with Gasteiger partial charge in [-0.05, 0) is 30.7 Å². The molecule has 3 aromatic rings. The van der Waals surface area contributed by atoms with Crippen molar-refractivity contribution in [3.05, 3.63) is 82.6 Å². The molecule has 0 atom stereocenters. The second-order valence-corrected chi connectivity index (χ2v) is 9.57. The minimum absolute atomic E-state index is 0.0281. The molecule has 0 fully saturated rings. The molecule has 1 heterocycles. The second-order valence-electron chi connectivity index (χ2n) is 7.25. The summed E-state index contributed by atoms with van der Waals surface area (Å²) >= 11 is 6.03. The predicted octanol–water partition coefficient (Wildman–Crippen LogP) is 3.82. The highest BCUT2D eigenvalue weighted by Gasteiger charge is 2.25. The summed E-state index contributed by atoms with van der Waals surface area (Å²) in [6.45, 7) is 3.13. The zero-order valence-corrected chi connectivity index (χ0v) is 19.6. The van der Waals surface area contributed by atoms with Crippen LogP contribution in [0.4, 0.5) is 0 Å². The van der Waals surface area contributed by atoms with Crippen LogP contribution in [0.5, 0.6) is 0 Å². The van der Waals surface area contributed by atoms with Gasteiger partial charge in [-0.2, -0.15) is 0 Å². The standard InChI is InChI=1S/C23H26ClN3O4S/c1-3-26(22(28)19-10-7-11-20(24)14-19)16-21-15-25-23(27(21)12-13-31-2)32(29,30)17-18-8-5-4-6-9-18/h4-11,14-15H,3,12-13,16-17H2,1-2H3. The second kappa shape index (κ2) is 10.8. The summed E-state index contributed by atoms with van der Waals surface area (Å²) in [6, 6.07) is 15.7. The summed E-state index contributed by atoms with van der Waals surface area (Å²) in [5, 5.41) is 0.450. The van der Waals surface area contributed by atoms with Crippen LogP contribution in [-0.2, 0) is 33.4 Å². The summed E-state index contributed by atoms with van der Waals surface area (Å²) in [5.74, 6) is -0.348. The largest absolute Gasteiger partial charge is 0.383 e. The Balaban J connectivity index is 1.90. The average molecular weight is 476 g/mol. The third-order valence-corrected chi connectivity index (χ3v) is 6.82. The average Bonchev–Trinajstić information content (AvgIpc) is 3.19. The fourth-order valence-electron chi connectivity index (χ4n) is 3.37. The Hall–Kier alpha value is -2.68. The summed E-state index contributed by atoms with van der Waals surface area (Å²) in [7, 11) is -2.15. The fourth-order valence-corrected chi connectivity index (χ4v) is 5.08. The third-order valence-electron chi connectivity index (χ3n) is 4.99. The van der Waals surface area contributed by atoms with E-state index in [9.17, 15) is 13.2 Å². The molecule has 0 saturated heterocycles. The molecule has 170 valence electrons. The Kier molecular flexibility index (Phi) is 8.06. The Morgan fingerprint density at radius 1 is 1.16 bits per heavy atom. The SMILES string of the molecule is CCN(Cc1cnc(S(=O)(=O)Cc2ccccc2)n1CCOC)C(=O)c1cccc(Cl)c1. The van der Waals surface area contributed by atoms with Gasteiger partial charge in [-0.1, -0.05) is 48.0 Å². The van der Waals surface area contributed by atoms with Crippen molar-refractivity contribution in [3.63, 3.8) is 0 Å². The minimum atomic E-state index is -3.70. The van der Waals surface area contributed by atoms with Crippen molar-refractivity contribution in [3.8, 4) is 0 Å². The van der Waals surface area contributed by atoms with E-state index in [0.717, 1.165) is 0 Å². The van der Waals surface area contributed by atoms with Gasteiger partial charge in [0.05, 0.1) is 30.8 Å². The Morgan fingerprint density at radius 3 is 2.56 bits per heavy atom. The number of nitrogens with zero attached hydrogens (tertiary/aromatic N) is 3. The lowest BCUT2D eigenvalue weighted by Crippen LogP contribution is -2.31. The zero-order chi connectivity index (χ0) is 23.1. The van der Waals surface area contributed by atoms with E-state index in [1.54, 1.807) is 65.1 Å². The van der Waals surface area contributed by atoms with Gasteiger partial charge in [-0.25, -0.2) is 13.4 Å². The number of carbonyl (C=O) groups excluding carboxylic acids is 1. The fraction of sp³-hybridized carbons (Fsp3) is 0.304. The van der Waals surface area contributed by atoms with Crippen LogP contribution < -0.4 is 0 Å². The van der Waals surface area contributed by atoms with E-state index in [2.05, 4.69) is 4.98 Å². The highest BCUT2D eigenvalue weighted by atomic mass is 35.5. The molecule has 3 rings (SSSR count). The normalized spacial score (nSPS) is 11.5. The molecule has 0 aliphatic rings. The quantitative estimate of drug-likeness (QED) is 0.445. The number of imidazole rings is 1. The maximum Gasteiger partial charge on any atom is 0.254 e. The molecule has 7 nitrogen and oxygen atoms in total. The minimum Gasteiger partial charge on any atom is -0.383 e. The molecule has 0 bridgehead atoms. The van der Waals surface area contributed by atoms with Crippen LogP contribution in [0.3, 0.4) is 0 Å². The molecule has 1 amide bonds. The summed E-state index contributed by atoms with van der Waals surface area (Å²) in [5.41, 5.74) is 1.77. The number of methoxy groups -OCH3 is 1. The van der Waals surface area contributed by atoms with Gasteiger partial charge in [0.25, 0.3) is 5.91 Å². The maximum absolute atomic E-state index is 13.1. The molecule has 0 spiro atoms. The van der Waals surface area contributed by atoms with Crippen molar-refractivity contribution in [2.45, 2.75) is 30.9 Å². The highest BCUT2D eigenvalue weighted by Crippen LogP contribution is 2.20. The van der Waals surface area contributed by atoms with Crippen LogP contribution in [0, 0.1) is 0 Å².